The Kier molecular flexibility index (Phi) is 3.82. The first kappa shape index (κ1) is 12.4. The SMILES string of the molecule is CCN(CC)c1noc(Cc2ccc(N)cc2)n1. The zero-order chi connectivity index (χ0) is 13.0. The van der Waals surface area contributed by atoms with Crippen LogP contribution in [0.15, 0.2) is 28.8 Å². The first-order valence-electron chi connectivity index (χ1n) is 6.14. The van der Waals surface area contributed by atoms with Crippen LogP contribution in [0, 0.1) is 0 Å². The van der Waals surface area contributed by atoms with Crippen molar-refractivity contribution in [3.8, 4) is 0 Å². The van der Waals surface area contributed by atoms with Crippen LogP contribution in [0.3, 0.4) is 0 Å². The fourth-order valence-corrected chi connectivity index (χ4v) is 1.76. The van der Waals surface area contributed by atoms with Gasteiger partial charge in [-0.25, -0.2) is 0 Å². The zero-order valence-electron chi connectivity index (χ0n) is 10.8. The molecular formula is C13H18N4O. The monoisotopic (exact) mass is 246 g/mol. The number of anilines is 2. The summed E-state index contributed by atoms with van der Waals surface area (Å²) in [5.41, 5.74) is 7.51. The molecule has 0 saturated heterocycles. The molecule has 0 atom stereocenters. The Morgan fingerprint density at radius 1 is 1.17 bits per heavy atom. The Hall–Kier alpha value is -2.04. The van der Waals surface area contributed by atoms with E-state index in [1.54, 1.807) is 0 Å². The molecule has 2 N–H and O–H groups in total. The normalized spacial score (nSPS) is 10.6. The molecule has 0 aliphatic heterocycles. The molecule has 0 fully saturated rings. The largest absolute Gasteiger partial charge is 0.399 e. The highest BCUT2D eigenvalue weighted by atomic mass is 16.5. The van der Waals surface area contributed by atoms with Crippen LogP contribution in [0.5, 0.6) is 0 Å². The van der Waals surface area contributed by atoms with Crippen molar-refractivity contribution in [2.24, 2.45) is 0 Å². The highest BCUT2D eigenvalue weighted by Gasteiger charge is 2.11. The molecule has 96 valence electrons. The lowest BCUT2D eigenvalue weighted by Gasteiger charge is -2.14. The predicted octanol–water partition coefficient (Wildman–Crippen LogP) is 2.09. The van der Waals surface area contributed by atoms with E-state index < -0.39 is 0 Å². The van der Waals surface area contributed by atoms with Crippen molar-refractivity contribution in [3.63, 3.8) is 0 Å². The lowest BCUT2D eigenvalue weighted by molar-refractivity contribution is 0.384. The van der Waals surface area contributed by atoms with Crippen LogP contribution in [0.1, 0.15) is 25.3 Å². The van der Waals surface area contributed by atoms with Crippen molar-refractivity contribution in [1.29, 1.82) is 0 Å². The number of nitrogen functional groups attached to an aromatic ring is 1. The number of hydrogen-bond donors (Lipinski definition) is 1. The number of nitrogens with two attached hydrogens (primary N) is 1. The molecule has 0 radical (unpaired) electrons. The van der Waals surface area contributed by atoms with Gasteiger partial charge in [0.25, 0.3) is 5.95 Å². The van der Waals surface area contributed by atoms with Crippen molar-refractivity contribution in [1.82, 2.24) is 10.1 Å². The first-order chi connectivity index (χ1) is 8.72. The molecule has 0 aliphatic carbocycles. The minimum Gasteiger partial charge on any atom is -0.399 e. The first-order valence-corrected chi connectivity index (χ1v) is 6.14. The second-order valence-corrected chi connectivity index (χ2v) is 4.08. The molecule has 2 rings (SSSR count). The molecule has 5 nitrogen and oxygen atoms in total. The van der Waals surface area contributed by atoms with Crippen LogP contribution in [-0.4, -0.2) is 23.2 Å². The average Bonchev–Trinajstić information content (AvgIpc) is 2.82. The van der Waals surface area contributed by atoms with E-state index in [0.717, 1.165) is 24.3 Å². The van der Waals surface area contributed by atoms with Crippen molar-refractivity contribution in [3.05, 3.63) is 35.7 Å². The number of benzene rings is 1. The second kappa shape index (κ2) is 5.53. The topological polar surface area (TPSA) is 68.2 Å². The van der Waals surface area contributed by atoms with E-state index >= 15 is 0 Å². The van der Waals surface area contributed by atoms with Gasteiger partial charge in [0, 0.05) is 18.8 Å². The van der Waals surface area contributed by atoms with E-state index in [9.17, 15) is 0 Å². The van der Waals surface area contributed by atoms with Crippen LogP contribution < -0.4 is 10.6 Å². The summed E-state index contributed by atoms with van der Waals surface area (Å²) < 4.78 is 5.25. The molecule has 0 bridgehead atoms. The van der Waals surface area contributed by atoms with Gasteiger partial charge in [-0.3, -0.25) is 0 Å². The van der Waals surface area contributed by atoms with Gasteiger partial charge < -0.3 is 15.2 Å². The molecular weight excluding hydrogens is 228 g/mol. The quantitative estimate of drug-likeness (QED) is 0.818. The minimum atomic E-state index is 0.627. The highest BCUT2D eigenvalue weighted by molar-refractivity contribution is 5.40. The minimum absolute atomic E-state index is 0.627. The fourth-order valence-electron chi connectivity index (χ4n) is 1.76. The van der Waals surface area contributed by atoms with Gasteiger partial charge in [-0.1, -0.05) is 12.1 Å². The predicted molar refractivity (Wildman–Crippen MR) is 71.5 cm³/mol. The van der Waals surface area contributed by atoms with Crippen LogP contribution in [0.25, 0.3) is 0 Å². The van der Waals surface area contributed by atoms with Gasteiger partial charge in [-0.2, -0.15) is 4.98 Å². The summed E-state index contributed by atoms with van der Waals surface area (Å²) in [5, 5.41) is 3.99. The van der Waals surface area contributed by atoms with E-state index in [-0.39, 0.29) is 0 Å². The number of nitrogens with zero attached hydrogens (tertiary/aromatic N) is 3. The Labute approximate surface area is 107 Å². The smallest absolute Gasteiger partial charge is 0.266 e. The Balaban J connectivity index is 2.08. The molecule has 0 saturated carbocycles. The van der Waals surface area contributed by atoms with Crippen LogP contribution >= 0.6 is 0 Å². The van der Waals surface area contributed by atoms with E-state index in [1.807, 2.05) is 24.3 Å². The standard InChI is InChI=1S/C13H18N4O/c1-3-17(4-2)13-15-12(18-16-13)9-10-5-7-11(14)8-6-10/h5-8H,3-4,9,14H2,1-2H3. The van der Waals surface area contributed by atoms with Crippen molar-refractivity contribution < 1.29 is 4.52 Å². The summed E-state index contributed by atoms with van der Waals surface area (Å²) >= 11 is 0. The van der Waals surface area contributed by atoms with Gasteiger partial charge in [0.1, 0.15) is 0 Å². The molecule has 2 aromatic rings. The average molecular weight is 246 g/mol. The van der Waals surface area contributed by atoms with Gasteiger partial charge in [0.05, 0.1) is 6.42 Å². The maximum Gasteiger partial charge on any atom is 0.266 e. The summed E-state index contributed by atoms with van der Waals surface area (Å²) in [7, 11) is 0. The number of hydrogen-bond acceptors (Lipinski definition) is 5. The maximum atomic E-state index is 5.64. The Morgan fingerprint density at radius 2 is 1.83 bits per heavy atom. The molecule has 0 amide bonds. The van der Waals surface area contributed by atoms with Gasteiger partial charge in [0.2, 0.25) is 5.89 Å². The van der Waals surface area contributed by atoms with Crippen molar-refractivity contribution in [2.45, 2.75) is 20.3 Å². The third-order valence-electron chi connectivity index (χ3n) is 2.84. The Morgan fingerprint density at radius 3 is 2.44 bits per heavy atom. The lowest BCUT2D eigenvalue weighted by Crippen LogP contribution is -2.22. The molecule has 1 aromatic carbocycles. The number of aromatic nitrogens is 2. The third-order valence-corrected chi connectivity index (χ3v) is 2.84. The van der Waals surface area contributed by atoms with Gasteiger partial charge >= 0.3 is 0 Å². The summed E-state index contributed by atoms with van der Waals surface area (Å²) in [6.45, 7) is 5.88. The second-order valence-electron chi connectivity index (χ2n) is 4.08. The Bertz CT molecular complexity index is 488. The molecule has 18 heavy (non-hydrogen) atoms. The van der Waals surface area contributed by atoms with Crippen molar-refractivity contribution in [2.75, 3.05) is 23.7 Å². The maximum absolute atomic E-state index is 5.64. The molecule has 5 heteroatoms. The molecule has 0 aliphatic rings. The fraction of sp³-hybridized carbons (Fsp3) is 0.385. The van der Waals surface area contributed by atoms with Gasteiger partial charge in [-0.05, 0) is 36.7 Å². The highest BCUT2D eigenvalue weighted by Crippen LogP contribution is 2.13. The molecule has 1 heterocycles. The lowest BCUT2D eigenvalue weighted by atomic mass is 10.1. The number of rotatable bonds is 5. The van der Waals surface area contributed by atoms with Gasteiger partial charge in [0.15, 0.2) is 0 Å². The van der Waals surface area contributed by atoms with Crippen molar-refractivity contribution >= 4 is 11.6 Å². The van der Waals surface area contributed by atoms with Crippen LogP contribution in [-0.2, 0) is 6.42 Å². The molecule has 1 aromatic heterocycles. The summed E-state index contributed by atoms with van der Waals surface area (Å²) in [6.07, 6.45) is 0.633. The van der Waals surface area contributed by atoms with E-state index in [4.69, 9.17) is 10.3 Å². The van der Waals surface area contributed by atoms with E-state index in [0.29, 0.717) is 18.3 Å². The summed E-state index contributed by atoms with van der Waals surface area (Å²) in [4.78, 5) is 6.44. The molecule has 0 unspecified atom stereocenters. The summed E-state index contributed by atoms with van der Waals surface area (Å²) in [6, 6.07) is 7.68. The van der Waals surface area contributed by atoms with E-state index in [1.165, 1.54) is 0 Å². The zero-order valence-corrected chi connectivity index (χ0v) is 10.8. The van der Waals surface area contributed by atoms with Crippen LogP contribution in [0.4, 0.5) is 11.6 Å². The third kappa shape index (κ3) is 2.80. The van der Waals surface area contributed by atoms with Gasteiger partial charge in [-0.15, -0.1) is 0 Å². The summed E-state index contributed by atoms with van der Waals surface area (Å²) in [5.74, 6) is 1.28. The molecule has 0 spiro atoms. The van der Waals surface area contributed by atoms with Crippen LogP contribution in [0.2, 0.25) is 0 Å². The van der Waals surface area contributed by atoms with E-state index in [2.05, 4.69) is 28.9 Å².